The molecule has 0 radical (unpaired) electrons. The molecule has 2 aromatic rings. The largest absolute Gasteiger partial charge is 0.371 e. The minimum Gasteiger partial charge on any atom is -0.371 e. The normalized spacial score (nSPS) is 18.1. The highest BCUT2D eigenvalue weighted by molar-refractivity contribution is 7.89. The summed E-state index contributed by atoms with van der Waals surface area (Å²) in [4.78, 5) is 12.3. The molecule has 27 heavy (non-hydrogen) atoms. The predicted octanol–water partition coefficient (Wildman–Crippen LogP) is 1.80. The molecular formula is C16H22N6O4S. The number of non-ortho nitro benzene ring substituents is 1. The molecule has 2 N–H and O–H groups in total. The number of hydrogen-bond acceptors (Lipinski definition) is 7. The third-order valence-electron chi connectivity index (χ3n) is 4.72. The molecule has 1 atom stereocenters. The van der Waals surface area contributed by atoms with Crippen LogP contribution >= 0.6 is 0 Å². The van der Waals surface area contributed by atoms with E-state index in [1.54, 1.807) is 6.33 Å². The summed E-state index contributed by atoms with van der Waals surface area (Å²) in [6.45, 7) is 5.33. The topological polar surface area (TPSA) is 137 Å². The second-order valence-corrected chi connectivity index (χ2v) is 8.52. The zero-order valence-electron chi connectivity index (χ0n) is 15.1. The van der Waals surface area contributed by atoms with Gasteiger partial charge in [0.2, 0.25) is 10.0 Å². The molecule has 1 saturated heterocycles. The molecule has 1 aromatic heterocycles. The van der Waals surface area contributed by atoms with Gasteiger partial charge in [0.1, 0.15) is 12.2 Å². The number of nitrogens with zero attached hydrogens (tertiary/aromatic N) is 5. The number of sulfonamides is 1. The van der Waals surface area contributed by atoms with Gasteiger partial charge < -0.3 is 9.47 Å². The summed E-state index contributed by atoms with van der Waals surface area (Å²) < 4.78 is 25.5. The molecule has 0 aliphatic carbocycles. The Bertz CT molecular complexity index is 956. The first kappa shape index (κ1) is 19.2. The van der Waals surface area contributed by atoms with Gasteiger partial charge >= 0.3 is 0 Å². The number of nitro benzene ring substituents is 1. The van der Waals surface area contributed by atoms with Crippen molar-refractivity contribution < 1.29 is 13.3 Å². The van der Waals surface area contributed by atoms with Crippen molar-refractivity contribution in [2.75, 3.05) is 18.0 Å². The van der Waals surface area contributed by atoms with E-state index in [0.717, 1.165) is 24.7 Å². The van der Waals surface area contributed by atoms with Gasteiger partial charge in [-0.25, -0.2) is 13.6 Å². The molecule has 0 amide bonds. The zero-order valence-corrected chi connectivity index (χ0v) is 16.0. The molecule has 1 fully saturated rings. The summed E-state index contributed by atoms with van der Waals surface area (Å²) in [6.07, 6.45) is 3.47. The fourth-order valence-electron chi connectivity index (χ4n) is 3.38. The van der Waals surface area contributed by atoms with Crippen molar-refractivity contribution in [1.29, 1.82) is 0 Å². The predicted molar refractivity (Wildman–Crippen MR) is 99.1 cm³/mol. The van der Waals surface area contributed by atoms with Crippen LogP contribution in [-0.4, -0.2) is 41.2 Å². The van der Waals surface area contributed by atoms with Gasteiger partial charge in [0.05, 0.1) is 9.82 Å². The summed E-state index contributed by atoms with van der Waals surface area (Å²) in [5.74, 6) is 0.965. The van der Waals surface area contributed by atoms with Crippen molar-refractivity contribution in [2.45, 2.75) is 43.5 Å². The zero-order chi connectivity index (χ0) is 19.8. The fourth-order valence-corrected chi connectivity index (χ4v) is 3.95. The van der Waals surface area contributed by atoms with Gasteiger partial charge in [-0.1, -0.05) is 0 Å². The number of primary sulfonamides is 1. The lowest BCUT2D eigenvalue weighted by molar-refractivity contribution is -0.385. The maximum atomic E-state index is 11.7. The summed E-state index contributed by atoms with van der Waals surface area (Å²) in [5, 5.41) is 24.7. The smallest absolute Gasteiger partial charge is 0.272 e. The molecule has 10 nitrogen and oxygen atoms in total. The van der Waals surface area contributed by atoms with Crippen LogP contribution in [0.25, 0.3) is 0 Å². The molecule has 1 aliphatic rings. The Balaban J connectivity index is 1.95. The van der Waals surface area contributed by atoms with Gasteiger partial charge in [0, 0.05) is 42.9 Å². The van der Waals surface area contributed by atoms with E-state index in [9.17, 15) is 18.5 Å². The summed E-state index contributed by atoms with van der Waals surface area (Å²) in [5.41, 5.74) is 0.164. The fraction of sp³-hybridized carbons (Fsp3) is 0.500. The van der Waals surface area contributed by atoms with E-state index in [2.05, 4.69) is 10.2 Å². The molecule has 1 aliphatic heterocycles. The average Bonchev–Trinajstić information content (AvgIpc) is 3.11. The molecule has 0 spiro atoms. The Morgan fingerprint density at radius 3 is 2.70 bits per heavy atom. The Kier molecular flexibility index (Phi) is 5.16. The van der Waals surface area contributed by atoms with Crippen LogP contribution in [-0.2, 0) is 10.0 Å². The lowest BCUT2D eigenvalue weighted by atomic mass is 9.96. The van der Waals surface area contributed by atoms with Crippen LogP contribution in [0.15, 0.2) is 29.4 Å². The first-order valence-electron chi connectivity index (χ1n) is 8.63. The summed E-state index contributed by atoms with van der Waals surface area (Å²) >= 11 is 0. The molecule has 2 heterocycles. The number of nitrogens with two attached hydrogens (primary N) is 1. The molecule has 3 rings (SSSR count). The van der Waals surface area contributed by atoms with Crippen molar-refractivity contribution in [1.82, 2.24) is 14.8 Å². The van der Waals surface area contributed by atoms with E-state index >= 15 is 0 Å². The minimum atomic E-state index is -4.05. The number of aromatic nitrogens is 3. The SMILES string of the molecule is CC(C)n1cnnc1C1CCCN(c2cc([N+](=O)[O-])cc(S(N)(=O)=O)c2)C1. The standard InChI is InChI=1S/C16H22N6O4S/c1-11(2)21-10-18-19-16(21)12-4-3-5-20(9-12)13-6-14(22(23)24)8-15(7-13)27(17,25)26/h6-8,10-12H,3-5,9H2,1-2H3,(H2,17,25,26). The number of rotatable bonds is 5. The maximum Gasteiger partial charge on any atom is 0.272 e. The first-order valence-corrected chi connectivity index (χ1v) is 10.2. The number of benzene rings is 1. The van der Waals surface area contributed by atoms with Crippen LogP contribution < -0.4 is 10.0 Å². The van der Waals surface area contributed by atoms with E-state index < -0.39 is 14.9 Å². The van der Waals surface area contributed by atoms with Crippen molar-refractivity contribution in [3.05, 3.63) is 40.5 Å². The third kappa shape index (κ3) is 4.08. The summed E-state index contributed by atoms with van der Waals surface area (Å²) in [6, 6.07) is 3.97. The van der Waals surface area contributed by atoms with Gasteiger partial charge in [-0.15, -0.1) is 10.2 Å². The monoisotopic (exact) mass is 394 g/mol. The second kappa shape index (κ2) is 7.24. The van der Waals surface area contributed by atoms with Gasteiger partial charge in [-0.2, -0.15) is 0 Å². The number of nitro groups is 1. The third-order valence-corrected chi connectivity index (χ3v) is 5.62. The van der Waals surface area contributed by atoms with E-state index in [4.69, 9.17) is 5.14 Å². The van der Waals surface area contributed by atoms with Crippen LogP contribution in [0, 0.1) is 10.1 Å². The summed E-state index contributed by atoms with van der Waals surface area (Å²) in [7, 11) is -4.05. The van der Waals surface area contributed by atoms with E-state index in [-0.39, 0.29) is 22.5 Å². The second-order valence-electron chi connectivity index (χ2n) is 6.96. The molecule has 1 aromatic carbocycles. The van der Waals surface area contributed by atoms with Crippen LogP contribution in [0.3, 0.4) is 0 Å². The number of piperidine rings is 1. The maximum absolute atomic E-state index is 11.7. The molecule has 1 unspecified atom stereocenters. The van der Waals surface area contributed by atoms with Crippen LogP contribution in [0.5, 0.6) is 0 Å². The Hall–Kier alpha value is -2.53. The van der Waals surface area contributed by atoms with Crippen LogP contribution in [0.4, 0.5) is 11.4 Å². The van der Waals surface area contributed by atoms with Crippen molar-refractivity contribution >= 4 is 21.4 Å². The lowest BCUT2D eigenvalue weighted by Gasteiger charge is -2.34. The van der Waals surface area contributed by atoms with E-state index in [0.29, 0.717) is 18.8 Å². The first-order chi connectivity index (χ1) is 12.7. The van der Waals surface area contributed by atoms with Gasteiger partial charge in [-0.3, -0.25) is 10.1 Å². The Morgan fingerprint density at radius 1 is 1.33 bits per heavy atom. The Labute approximate surface area is 157 Å². The average molecular weight is 394 g/mol. The molecule has 146 valence electrons. The number of anilines is 1. The van der Waals surface area contributed by atoms with Gasteiger partial charge in [0.15, 0.2) is 0 Å². The quantitative estimate of drug-likeness (QED) is 0.603. The highest BCUT2D eigenvalue weighted by Gasteiger charge is 2.28. The van der Waals surface area contributed by atoms with E-state index in [1.807, 2.05) is 23.3 Å². The van der Waals surface area contributed by atoms with Gasteiger partial charge in [0.25, 0.3) is 5.69 Å². The highest BCUT2D eigenvalue weighted by atomic mass is 32.2. The lowest BCUT2D eigenvalue weighted by Crippen LogP contribution is -2.35. The van der Waals surface area contributed by atoms with E-state index in [1.165, 1.54) is 12.1 Å². The minimum absolute atomic E-state index is 0.0980. The Morgan fingerprint density at radius 2 is 2.07 bits per heavy atom. The van der Waals surface area contributed by atoms with Crippen molar-refractivity contribution in [2.24, 2.45) is 5.14 Å². The molecule has 0 saturated carbocycles. The van der Waals surface area contributed by atoms with Crippen molar-refractivity contribution in [3.8, 4) is 0 Å². The molecule has 0 bridgehead atoms. The molecular weight excluding hydrogens is 372 g/mol. The molecule has 11 heteroatoms. The van der Waals surface area contributed by atoms with Crippen LogP contribution in [0.2, 0.25) is 0 Å². The highest BCUT2D eigenvalue weighted by Crippen LogP contribution is 2.33. The van der Waals surface area contributed by atoms with Crippen LogP contribution in [0.1, 0.15) is 44.5 Å². The van der Waals surface area contributed by atoms with Crippen molar-refractivity contribution in [3.63, 3.8) is 0 Å². The van der Waals surface area contributed by atoms with Gasteiger partial charge in [-0.05, 0) is 32.8 Å². The number of hydrogen-bond donors (Lipinski definition) is 1.